The molecule has 2 aliphatic rings. The number of hydrogen-bond donors (Lipinski definition) is 1. The molecule has 0 spiro atoms. The fourth-order valence-corrected chi connectivity index (χ4v) is 19.7. The van der Waals surface area contributed by atoms with Gasteiger partial charge in [-0.2, -0.15) is 9.13 Å². The van der Waals surface area contributed by atoms with Crippen LogP contribution < -0.4 is 24.1 Å². The Kier molecular flexibility index (Phi) is 19.7. The van der Waals surface area contributed by atoms with E-state index in [-0.39, 0.29) is 0 Å². The molecular formula is C73H89N5OS5+2. The minimum Gasteiger partial charge on any atom is -0.787 e. The molecule has 11 rings (SSSR count). The molecule has 3 N–H and O–H groups in total. The fraction of sp³-hybridized carbons (Fsp3) is 0.342. The summed E-state index contributed by atoms with van der Waals surface area (Å²) in [6, 6.07) is 55.2. The van der Waals surface area contributed by atoms with Crippen LogP contribution in [0.15, 0.2) is 189 Å². The number of fused-ring (bicyclic) bond motifs is 8. The van der Waals surface area contributed by atoms with Crippen LogP contribution in [-0.4, -0.2) is 40.7 Å². The van der Waals surface area contributed by atoms with Gasteiger partial charge in [0.25, 0.3) is 10.0 Å². The third-order valence-electron chi connectivity index (χ3n) is 17.9. The number of thioether (sulfide) groups is 2. The van der Waals surface area contributed by atoms with Crippen molar-refractivity contribution in [2.45, 2.75) is 136 Å². The molecule has 2 aliphatic heterocycles. The highest BCUT2D eigenvalue weighted by molar-refractivity contribution is 8.55. The molecule has 0 aliphatic carbocycles. The average Bonchev–Trinajstić information content (AvgIpc) is 2.42. The summed E-state index contributed by atoms with van der Waals surface area (Å²) < 4.78 is 22.4. The monoisotopic (exact) mass is 1210 g/mol. The summed E-state index contributed by atoms with van der Waals surface area (Å²) in [6.07, 6.45) is 21.2. The number of rotatable bonds is 24. The molecule has 0 radical (unpaired) electrons. The van der Waals surface area contributed by atoms with Gasteiger partial charge in [-0.3, -0.25) is 8.76 Å². The number of allylic oxidation sites excluding steroid dienone is 4. The smallest absolute Gasteiger partial charge is 0.263 e. The summed E-state index contributed by atoms with van der Waals surface area (Å²) in [7, 11) is -3.60. The molecule has 0 bridgehead atoms. The van der Waals surface area contributed by atoms with Gasteiger partial charge in [-0.05, 0) is 125 Å². The second-order valence-corrected chi connectivity index (χ2v) is 34.9. The van der Waals surface area contributed by atoms with E-state index in [1.165, 1.54) is 138 Å². The molecule has 0 saturated carbocycles. The van der Waals surface area contributed by atoms with Gasteiger partial charge in [0.1, 0.15) is 9.40 Å². The normalized spacial score (nSPS) is 15.6. The van der Waals surface area contributed by atoms with Gasteiger partial charge in [0.2, 0.25) is 11.0 Å². The molecule has 2 aromatic heterocycles. The number of quaternary nitrogens is 1. The molecule has 0 amide bonds. The number of aryl methyl sites for hydroxylation is 2. The first kappa shape index (κ1) is 61.5. The van der Waals surface area contributed by atoms with Crippen LogP contribution in [0.4, 0.5) is 11.4 Å². The molecule has 440 valence electrons. The average molecular weight is 1210 g/mol. The fourth-order valence-electron chi connectivity index (χ4n) is 11.9. The molecule has 0 atom stereocenters. The Morgan fingerprint density at radius 2 is 1.12 bits per heavy atom. The standard InChI is InChI=1S/C40H51N3OS3.C33H37N2S2/c1-6-11-25-42-37(45-35-23-21-31-17-12-14-19-33(31)39(35)42)28-30(7-2)29-38-43(26-16-27-47(41,44,8-3,9-4)10-5)40-34-20-15-13-18-32(34)22-24-36(40)46-38;1-3-5-14-22-34-28-18-10-12-20-30(28)36-32(34)24-27(26-16-8-7-9-17-26)25-33-35(23-15-6-4-2)29-19-11-13-21-31(29)37-33/h12-15,17-24,28-29H,6-11,16,25-27,41H2,1-5H3;7-13,16-21,24-25H,3-6,14-15,22-23H2,1-2H3/q;+1/p+1. The lowest BCUT2D eigenvalue weighted by atomic mass is 10.1. The number of thiazole rings is 2. The van der Waals surface area contributed by atoms with E-state index < -0.39 is 8.76 Å². The molecule has 4 heterocycles. The Bertz CT molecular complexity index is 3880. The minimum atomic E-state index is -3.60. The van der Waals surface area contributed by atoms with Gasteiger partial charge in [-0.15, -0.1) is 0 Å². The van der Waals surface area contributed by atoms with Crippen molar-refractivity contribution >= 4 is 126 Å². The zero-order chi connectivity index (χ0) is 58.7. The molecule has 9 aromatic rings. The zero-order valence-electron chi connectivity index (χ0n) is 50.9. The second kappa shape index (κ2) is 27.0. The lowest BCUT2D eigenvalue weighted by Crippen LogP contribution is -2.78. The van der Waals surface area contributed by atoms with E-state index >= 15 is 0 Å². The molecule has 0 saturated heterocycles. The molecular weight excluding hydrogens is 1120 g/mol. The number of nitrogens with zero attached hydrogens (tertiary/aromatic N) is 4. The Labute approximate surface area is 517 Å². The number of hydrogen-bond acceptors (Lipinski definition) is 7. The highest BCUT2D eigenvalue weighted by atomic mass is 32.4. The van der Waals surface area contributed by atoms with E-state index in [0.29, 0.717) is 23.0 Å². The van der Waals surface area contributed by atoms with Gasteiger partial charge in [0.05, 0.1) is 26.8 Å². The second-order valence-electron chi connectivity index (χ2n) is 23.2. The molecule has 0 fully saturated rings. The van der Waals surface area contributed by atoms with Gasteiger partial charge >= 0.3 is 0 Å². The van der Waals surface area contributed by atoms with Gasteiger partial charge in [-0.25, -0.2) is 0 Å². The number of anilines is 2. The van der Waals surface area contributed by atoms with Crippen molar-refractivity contribution in [3.8, 4) is 0 Å². The Morgan fingerprint density at radius 3 is 1.87 bits per heavy atom. The molecule has 7 aromatic carbocycles. The maximum absolute atomic E-state index is 14.7. The first-order chi connectivity index (χ1) is 40.9. The molecule has 0 unspecified atom stereocenters. The lowest BCUT2D eigenvalue weighted by molar-refractivity contribution is -0.669. The van der Waals surface area contributed by atoms with Crippen LogP contribution >= 0.6 is 55.0 Å². The largest absolute Gasteiger partial charge is 0.787 e. The van der Waals surface area contributed by atoms with Crippen molar-refractivity contribution in [1.82, 2.24) is 0 Å². The van der Waals surface area contributed by atoms with Crippen molar-refractivity contribution in [3.63, 3.8) is 0 Å². The number of unbranched alkanes of at least 4 members (excludes halogenated alkanes) is 5. The van der Waals surface area contributed by atoms with E-state index in [9.17, 15) is 4.55 Å². The van der Waals surface area contributed by atoms with Crippen molar-refractivity contribution in [1.29, 1.82) is 0 Å². The quantitative estimate of drug-likeness (QED) is 0.0482. The number of para-hydroxylation sites is 2. The summed E-state index contributed by atoms with van der Waals surface area (Å²) >= 11 is 7.58. The SMILES string of the molecule is CCCCCN1/C(=C/C(=C/c2sc3ccccc3[n+]2CCCCC)c2ccccc2)Sc2ccccc21.CCCCN1C(=CC(=Cc2sc3ccc4ccccc4c3[n+]2CCCS([NH3+])([O-])(CC)(CC)CC)CC)Sc2ccc3ccccc3c21. The summed E-state index contributed by atoms with van der Waals surface area (Å²) in [5.74, 6) is 2.61. The van der Waals surface area contributed by atoms with Gasteiger partial charge < -0.3 is 19.5 Å². The van der Waals surface area contributed by atoms with Crippen LogP contribution in [0.2, 0.25) is 0 Å². The Morgan fingerprint density at radius 1 is 0.524 bits per heavy atom. The molecule has 11 heteroatoms. The first-order valence-corrected chi connectivity index (χ1v) is 37.7. The van der Waals surface area contributed by atoms with E-state index in [2.05, 4.69) is 249 Å². The van der Waals surface area contributed by atoms with Gasteiger partial charge in [-0.1, -0.05) is 230 Å². The van der Waals surface area contributed by atoms with Crippen LogP contribution in [0.3, 0.4) is 0 Å². The van der Waals surface area contributed by atoms with Crippen LogP contribution in [0, 0.1) is 0 Å². The van der Waals surface area contributed by atoms with E-state index in [0.717, 1.165) is 51.9 Å². The Hall–Kier alpha value is -5.63. The summed E-state index contributed by atoms with van der Waals surface area (Å²) in [5.41, 5.74) is 9.19. The maximum atomic E-state index is 14.7. The number of aromatic nitrogens is 2. The van der Waals surface area contributed by atoms with E-state index in [4.69, 9.17) is 0 Å². The highest BCUT2D eigenvalue weighted by Gasteiger charge is 2.44. The zero-order valence-corrected chi connectivity index (χ0v) is 55.0. The van der Waals surface area contributed by atoms with E-state index in [1.807, 2.05) is 46.2 Å². The van der Waals surface area contributed by atoms with Crippen molar-refractivity contribution < 1.29 is 18.8 Å². The number of benzene rings is 7. The van der Waals surface area contributed by atoms with Gasteiger partial charge in [0, 0.05) is 59.3 Å². The van der Waals surface area contributed by atoms with Crippen molar-refractivity contribution in [2.24, 2.45) is 0 Å². The summed E-state index contributed by atoms with van der Waals surface area (Å²) in [5, 5.41) is 14.9. The topological polar surface area (TPSA) is 64.9 Å². The lowest BCUT2D eigenvalue weighted by Gasteiger charge is -2.81. The van der Waals surface area contributed by atoms with Crippen LogP contribution in [-0.2, 0) is 13.1 Å². The third kappa shape index (κ3) is 13.3. The van der Waals surface area contributed by atoms with Crippen molar-refractivity contribution in [3.05, 3.63) is 195 Å². The van der Waals surface area contributed by atoms with Crippen LogP contribution in [0.1, 0.15) is 128 Å². The molecule has 84 heavy (non-hydrogen) atoms. The van der Waals surface area contributed by atoms with Crippen molar-refractivity contribution in [2.75, 3.05) is 45.9 Å². The third-order valence-corrected chi connectivity index (χ3v) is 29.5. The van der Waals surface area contributed by atoms with Crippen LogP contribution in [0.25, 0.3) is 59.7 Å². The molecule has 6 nitrogen and oxygen atoms in total. The predicted octanol–water partition coefficient (Wildman–Crippen LogP) is 19.7. The predicted molar refractivity (Wildman–Crippen MR) is 373 cm³/mol. The van der Waals surface area contributed by atoms with Gasteiger partial charge in [0.15, 0.2) is 13.1 Å². The minimum absolute atomic E-state index is 0.648. The van der Waals surface area contributed by atoms with E-state index in [1.54, 1.807) is 0 Å². The summed E-state index contributed by atoms with van der Waals surface area (Å²) in [4.78, 5) is 7.79. The Balaban J connectivity index is 0.000000193. The maximum Gasteiger partial charge on any atom is 0.263 e. The van der Waals surface area contributed by atoms with Crippen LogP contribution in [0.5, 0.6) is 0 Å². The first-order valence-electron chi connectivity index (χ1n) is 31.2. The summed E-state index contributed by atoms with van der Waals surface area (Å²) in [6.45, 7) is 19.3. The highest BCUT2D eigenvalue weighted by Crippen LogP contribution is 2.76.